The van der Waals surface area contributed by atoms with E-state index in [-0.39, 0.29) is 11.9 Å². The number of benzene rings is 2. The highest BCUT2D eigenvalue weighted by molar-refractivity contribution is 5.92. The Kier molecular flexibility index (Phi) is 5.14. The van der Waals surface area contributed by atoms with Crippen LogP contribution >= 0.6 is 0 Å². The van der Waals surface area contributed by atoms with Crippen LogP contribution in [0.1, 0.15) is 18.1 Å². The SMILES string of the molecule is CC(=O)Nc1cccc(NC(=O)NCc2cccc(C)c2)c1. The second-order valence-electron chi connectivity index (χ2n) is 5.06. The van der Waals surface area contributed by atoms with Crippen LogP contribution < -0.4 is 16.0 Å². The molecule has 0 unspecified atom stereocenters. The zero-order valence-electron chi connectivity index (χ0n) is 12.6. The largest absolute Gasteiger partial charge is 0.334 e. The summed E-state index contributed by atoms with van der Waals surface area (Å²) in [5.74, 6) is -0.152. The van der Waals surface area contributed by atoms with Gasteiger partial charge in [-0.15, -0.1) is 0 Å². The van der Waals surface area contributed by atoms with Gasteiger partial charge < -0.3 is 16.0 Å². The Labute approximate surface area is 129 Å². The lowest BCUT2D eigenvalue weighted by Gasteiger charge is -2.09. The smallest absolute Gasteiger partial charge is 0.319 e. The fraction of sp³-hybridized carbons (Fsp3) is 0.176. The summed E-state index contributed by atoms with van der Waals surface area (Å²) in [5, 5.41) is 8.21. The van der Waals surface area contributed by atoms with E-state index in [0.29, 0.717) is 17.9 Å². The summed E-state index contributed by atoms with van der Waals surface area (Å²) in [6, 6.07) is 14.7. The molecule has 2 aromatic carbocycles. The number of hydrogen-bond acceptors (Lipinski definition) is 2. The first-order valence-electron chi connectivity index (χ1n) is 7.01. The lowest BCUT2D eigenvalue weighted by Crippen LogP contribution is -2.28. The minimum Gasteiger partial charge on any atom is -0.334 e. The monoisotopic (exact) mass is 297 g/mol. The maximum absolute atomic E-state index is 11.9. The molecule has 5 heteroatoms. The molecule has 0 bridgehead atoms. The second-order valence-corrected chi connectivity index (χ2v) is 5.06. The molecule has 2 aromatic rings. The average molecular weight is 297 g/mol. The molecule has 0 spiro atoms. The number of aryl methyl sites for hydroxylation is 1. The number of hydrogen-bond donors (Lipinski definition) is 3. The first kappa shape index (κ1) is 15.6. The van der Waals surface area contributed by atoms with Crippen molar-refractivity contribution in [2.75, 3.05) is 10.6 Å². The standard InChI is InChI=1S/C17H19N3O2/c1-12-5-3-6-14(9-12)11-18-17(22)20-16-8-4-7-15(10-16)19-13(2)21/h3-10H,11H2,1-2H3,(H,19,21)(H2,18,20,22). The van der Waals surface area contributed by atoms with Crippen molar-refractivity contribution in [3.05, 3.63) is 59.7 Å². The van der Waals surface area contributed by atoms with Gasteiger partial charge in [-0.05, 0) is 30.7 Å². The highest BCUT2D eigenvalue weighted by Crippen LogP contribution is 2.14. The van der Waals surface area contributed by atoms with Crippen molar-refractivity contribution in [2.24, 2.45) is 0 Å². The highest BCUT2D eigenvalue weighted by Gasteiger charge is 2.03. The van der Waals surface area contributed by atoms with E-state index in [1.165, 1.54) is 6.92 Å². The summed E-state index contributed by atoms with van der Waals surface area (Å²) in [6.45, 7) is 3.91. The Balaban J connectivity index is 1.90. The summed E-state index contributed by atoms with van der Waals surface area (Å²) < 4.78 is 0. The highest BCUT2D eigenvalue weighted by atomic mass is 16.2. The maximum atomic E-state index is 11.9. The third-order valence-corrected chi connectivity index (χ3v) is 2.98. The van der Waals surface area contributed by atoms with Crippen molar-refractivity contribution in [3.63, 3.8) is 0 Å². The predicted molar refractivity (Wildman–Crippen MR) is 87.8 cm³/mol. The number of amides is 3. The van der Waals surface area contributed by atoms with Crippen molar-refractivity contribution >= 4 is 23.3 Å². The number of nitrogens with one attached hydrogen (secondary N) is 3. The van der Waals surface area contributed by atoms with Crippen LogP contribution in [0.2, 0.25) is 0 Å². The number of anilines is 2. The Morgan fingerprint density at radius 2 is 1.64 bits per heavy atom. The van der Waals surface area contributed by atoms with Crippen LogP contribution in [-0.2, 0) is 11.3 Å². The molecule has 0 heterocycles. The third-order valence-electron chi connectivity index (χ3n) is 2.98. The molecule has 2 rings (SSSR count). The van der Waals surface area contributed by atoms with Gasteiger partial charge in [0.2, 0.25) is 5.91 Å². The molecule has 5 nitrogen and oxygen atoms in total. The first-order valence-corrected chi connectivity index (χ1v) is 7.01. The molecule has 0 fully saturated rings. The summed E-state index contributed by atoms with van der Waals surface area (Å²) in [4.78, 5) is 22.9. The zero-order valence-corrected chi connectivity index (χ0v) is 12.6. The minimum atomic E-state index is -0.290. The van der Waals surface area contributed by atoms with Crippen molar-refractivity contribution in [3.8, 4) is 0 Å². The van der Waals surface area contributed by atoms with Crippen molar-refractivity contribution in [1.29, 1.82) is 0 Å². The number of carbonyl (C=O) groups excluding carboxylic acids is 2. The van der Waals surface area contributed by atoms with Crippen LogP contribution in [0.3, 0.4) is 0 Å². The fourth-order valence-corrected chi connectivity index (χ4v) is 2.06. The molecule has 0 aromatic heterocycles. The zero-order chi connectivity index (χ0) is 15.9. The number of rotatable bonds is 4. The van der Waals surface area contributed by atoms with Crippen molar-refractivity contribution in [1.82, 2.24) is 5.32 Å². The lowest BCUT2D eigenvalue weighted by atomic mass is 10.1. The molecule has 0 saturated heterocycles. The maximum Gasteiger partial charge on any atom is 0.319 e. The molecule has 3 amide bonds. The normalized spacial score (nSPS) is 9.91. The molecule has 0 atom stereocenters. The first-order chi connectivity index (χ1) is 10.5. The van der Waals surface area contributed by atoms with Crippen LogP contribution in [0.4, 0.5) is 16.2 Å². The molecular weight excluding hydrogens is 278 g/mol. The van der Waals surface area contributed by atoms with Crippen LogP contribution in [0, 0.1) is 6.92 Å². The van der Waals surface area contributed by atoms with Crippen LogP contribution in [-0.4, -0.2) is 11.9 Å². The van der Waals surface area contributed by atoms with Gasteiger partial charge in [-0.2, -0.15) is 0 Å². The summed E-state index contributed by atoms with van der Waals surface area (Å²) in [5.41, 5.74) is 3.46. The molecule has 0 aliphatic heterocycles. The average Bonchev–Trinajstić information content (AvgIpc) is 2.45. The number of urea groups is 1. The Morgan fingerprint density at radius 1 is 0.955 bits per heavy atom. The van der Waals surface area contributed by atoms with Gasteiger partial charge in [0.15, 0.2) is 0 Å². The van der Waals surface area contributed by atoms with Gasteiger partial charge in [-0.3, -0.25) is 4.79 Å². The lowest BCUT2D eigenvalue weighted by molar-refractivity contribution is -0.114. The van der Waals surface area contributed by atoms with E-state index in [4.69, 9.17) is 0 Å². The van der Waals surface area contributed by atoms with Crippen molar-refractivity contribution in [2.45, 2.75) is 20.4 Å². The Morgan fingerprint density at radius 3 is 2.32 bits per heavy atom. The molecule has 22 heavy (non-hydrogen) atoms. The van der Waals surface area contributed by atoms with Crippen LogP contribution in [0.25, 0.3) is 0 Å². The molecule has 3 N–H and O–H groups in total. The summed E-state index contributed by atoms with van der Waals surface area (Å²) in [6.07, 6.45) is 0. The van der Waals surface area contributed by atoms with E-state index in [1.54, 1.807) is 24.3 Å². The van der Waals surface area contributed by atoms with E-state index in [9.17, 15) is 9.59 Å². The van der Waals surface area contributed by atoms with Gasteiger partial charge in [0.1, 0.15) is 0 Å². The van der Waals surface area contributed by atoms with Gasteiger partial charge in [-0.1, -0.05) is 35.9 Å². The van der Waals surface area contributed by atoms with E-state index in [2.05, 4.69) is 16.0 Å². The molecule has 114 valence electrons. The van der Waals surface area contributed by atoms with Crippen LogP contribution in [0.5, 0.6) is 0 Å². The topological polar surface area (TPSA) is 70.2 Å². The van der Waals surface area contributed by atoms with E-state index < -0.39 is 0 Å². The minimum absolute atomic E-state index is 0.152. The molecular formula is C17H19N3O2. The van der Waals surface area contributed by atoms with Crippen molar-refractivity contribution < 1.29 is 9.59 Å². The van der Waals surface area contributed by atoms with Crippen LogP contribution in [0.15, 0.2) is 48.5 Å². The Hall–Kier alpha value is -2.82. The Bertz CT molecular complexity index is 683. The molecule has 0 aliphatic rings. The fourth-order valence-electron chi connectivity index (χ4n) is 2.06. The van der Waals surface area contributed by atoms with Gasteiger partial charge in [0, 0.05) is 24.8 Å². The van der Waals surface area contributed by atoms with Gasteiger partial charge in [0.25, 0.3) is 0 Å². The summed E-state index contributed by atoms with van der Waals surface area (Å²) >= 11 is 0. The van der Waals surface area contributed by atoms with E-state index >= 15 is 0 Å². The molecule has 0 radical (unpaired) electrons. The summed E-state index contributed by atoms with van der Waals surface area (Å²) in [7, 11) is 0. The van der Waals surface area contributed by atoms with Gasteiger partial charge in [-0.25, -0.2) is 4.79 Å². The van der Waals surface area contributed by atoms with Gasteiger partial charge in [0.05, 0.1) is 0 Å². The second kappa shape index (κ2) is 7.26. The number of carbonyl (C=O) groups is 2. The predicted octanol–water partition coefficient (Wildman–Crippen LogP) is 3.28. The van der Waals surface area contributed by atoms with E-state index in [0.717, 1.165) is 11.1 Å². The third kappa shape index (κ3) is 4.94. The molecule has 0 saturated carbocycles. The quantitative estimate of drug-likeness (QED) is 0.810. The van der Waals surface area contributed by atoms with E-state index in [1.807, 2.05) is 31.2 Å². The molecule has 0 aliphatic carbocycles. The van der Waals surface area contributed by atoms with Gasteiger partial charge >= 0.3 is 6.03 Å².